The van der Waals surface area contributed by atoms with E-state index < -0.39 is 10.0 Å². The molecule has 7 heteroatoms. The molecule has 0 saturated carbocycles. The molecular weight excluding hydrogens is 328 g/mol. The van der Waals surface area contributed by atoms with Crippen molar-refractivity contribution >= 4 is 27.3 Å². The van der Waals surface area contributed by atoms with E-state index in [1.165, 1.54) is 5.56 Å². The minimum Gasteiger partial charge on any atom is -0.482 e. The topological polar surface area (TPSA) is 84.5 Å². The van der Waals surface area contributed by atoms with E-state index >= 15 is 0 Å². The molecule has 6 nitrogen and oxygen atoms in total. The average Bonchev–Trinajstić information content (AvgIpc) is 3.01. The first-order chi connectivity index (χ1) is 11.5. The van der Waals surface area contributed by atoms with Gasteiger partial charge in [0.05, 0.1) is 16.3 Å². The van der Waals surface area contributed by atoms with Crippen molar-refractivity contribution in [3.63, 3.8) is 0 Å². The van der Waals surface area contributed by atoms with Crippen molar-refractivity contribution in [2.24, 2.45) is 0 Å². The fraction of sp³-hybridized carbons (Fsp3) is 0.235. The minimum absolute atomic E-state index is 0.0345. The summed E-state index contributed by atoms with van der Waals surface area (Å²) in [6.07, 6.45) is 2.99. The van der Waals surface area contributed by atoms with Gasteiger partial charge >= 0.3 is 0 Å². The molecule has 4 rings (SSSR count). The maximum atomic E-state index is 12.6. The second kappa shape index (κ2) is 5.52. The summed E-state index contributed by atoms with van der Waals surface area (Å²) in [5.41, 5.74) is 3.16. The molecule has 0 radical (unpaired) electrons. The van der Waals surface area contributed by atoms with Crippen LogP contribution < -0.4 is 14.8 Å². The Morgan fingerprint density at radius 1 is 1.04 bits per heavy atom. The number of aryl methyl sites for hydroxylation is 2. The number of hydrogen-bond acceptors (Lipinski definition) is 4. The zero-order chi connectivity index (χ0) is 16.7. The Labute approximate surface area is 139 Å². The molecule has 124 valence electrons. The predicted octanol–water partition coefficient (Wildman–Crippen LogP) is 2.31. The summed E-state index contributed by atoms with van der Waals surface area (Å²) in [5.74, 6) is 0.260. The number of nitrogens with one attached hydrogen (secondary N) is 2. The van der Waals surface area contributed by atoms with Crippen LogP contribution in [-0.4, -0.2) is 20.9 Å². The number of benzene rings is 2. The van der Waals surface area contributed by atoms with Crippen LogP contribution in [0.2, 0.25) is 0 Å². The smallest absolute Gasteiger partial charge is 0.262 e. The molecule has 1 aliphatic carbocycles. The van der Waals surface area contributed by atoms with Crippen molar-refractivity contribution in [3.8, 4) is 5.75 Å². The maximum Gasteiger partial charge on any atom is 0.262 e. The quantitative estimate of drug-likeness (QED) is 0.895. The summed E-state index contributed by atoms with van der Waals surface area (Å²) < 4.78 is 33.0. The molecule has 2 N–H and O–H groups in total. The summed E-state index contributed by atoms with van der Waals surface area (Å²) in [6.45, 7) is -0.0345. The lowest BCUT2D eigenvalue weighted by molar-refractivity contribution is -0.118. The molecule has 2 aromatic rings. The van der Waals surface area contributed by atoms with Gasteiger partial charge in [0.1, 0.15) is 5.75 Å². The summed E-state index contributed by atoms with van der Waals surface area (Å²) in [6, 6.07) is 10.1. The van der Waals surface area contributed by atoms with Gasteiger partial charge in [-0.05, 0) is 60.7 Å². The molecule has 1 amide bonds. The standard InChI is InChI=1S/C17H16N2O4S/c20-17-10-23-16-7-5-13(9-15(16)18-17)19-24(21,22)14-6-4-11-2-1-3-12(11)8-14/h4-9,19H,1-3,10H2,(H,18,20). The van der Waals surface area contributed by atoms with E-state index in [4.69, 9.17) is 4.74 Å². The van der Waals surface area contributed by atoms with Crippen molar-refractivity contribution in [2.45, 2.75) is 24.2 Å². The molecule has 0 fully saturated rings. The van der Waals surface area contributed by atoms with Gasteiger partial charge in [-0.3, -0.25) is 9.52 Å². The third-order valence-electron chi connectivity index (χ3n) is 4.24. The molecule has 0 bridgehead atoms. The number of ether oxygens (including phenoxy) is 1. The molecule has 2 aliphatic rings. The Morgan fingerprint density at radius 3 is 2.75 bits per heavy atom. The Kier molecular flexibility index (Phi) is 3.45. The fourth-order valence-electron chi connectivity index (χ4n) is 3.08. The lowest BCUT2D eigenvalue weighted by atomic mass is 10.1. The third-order valence-corrected chi connectivity index (χ3v) is 5.62. The van der Waals surface area contributed by atoms with Gasteiger partial charge in [-0.1, -0.05) is 6.07 Å². The number of rotatable bonds is 3. The van der Waals surface area contributed by atoms with Gasteiger partial charge in [0.2, 0.25) is 0 Å². The van der Waals surface area contributed by atoms with E-state index in [2.05, 4.69) is 10.0 Å². The van der Waals surface area contributed by atoms with E-state index in [-0.39, 0.29) is 17.4 Å². The highest BCUT2D eigenvalue weighted by Crippen LogP contribution is 2.32. The molecule has 0 aromatic heterocycles. The number of fused-ring (bicyclic) bond motifs is 2. The SMILES string of the molecule is O=C1COc2ccc(NS(=O)(=O)c3ccc4c(c3)CCC4)cc2N1. The van der Waals surface area contributed by atoms with Crippen molar-refractivity contribution in [3.05, 3.63) is 47.5 Å². The van der Waals surface area contributed by atoms with Crippen molar-refractivity contribution in [1.29, 1.82) is 0 Å². The molecule has 1 heterocycles. The minimum atomic E-state index is -3.68. The Bertz CT molecular complexity index is 938. The highest BCUT2D eigenvalue weighted by atomic mass is 32.2. The van der Waals surface area contributed by atoms with Crippen LogP contribution in [-0.2, 0) is 27.7 Å². The van der Waals surface area contributed by atoms with Gasteiger partial charge in [-0.25, -0.2) is 8.42 Å². The highest BCUT2D eigenvalue weighted by Gasteiger charge is 2.20. The number of sulfonamides is 1. The van der Waals surface area contributed by atoms with Crippen LogP contribution in [0.1, 0.15) is 17.5 Å². The Hall–Kier alpha value is -2.54. The lowest BCUT2D eigenvalue weighted by Crippen LogP contribution is -2.25. The van der Waals surface area contributed by atoms with Crippen molar-refractivity contribution in [2.75, 3.05) is 16.6 Å². The van der Waals surface area contributed by atoms with Crippen molar-refractivity contribution < 1.29 is 17.9 Å². The van der Waals surface area contributed by atoms with E-state index in [1.54, 1.807) is 30.3 Å². The van der Waals surface area contributed by atoms with Crippen LogP contribution in [0.4, 0.5) is 11.4 Å². The second-order valence-electron chi connectivity index (χ2n) is 5.94. The molecule has 0 saturated heterocycles. The molecule has 0 spiro atoms. The zero-order valence-corrected chi connectivity index (χ0v) is 13.7. The second-order valence-corrected chi connectivity index (χ2v) is 7.62. The summed E-state index contributed by atoms with van der Waals surface area (Å²) in [4.78, 5) is 11.6. The zero-order valence-electron chi connectivity index (χ0n) is 12.8. The average molecular weight is 344 g/mol. The largest absolute Gasteiger partial charge is 0.482 e. The van der Waals surface area contributed by atoms with Gasteiger partial charge in [-0.15, -0.1) is 0 Å². The Morgan fingerprint density at radius 2 is 1.88 bits per heavy atom. The first kappa shape index (κ1) is 15.0. The molecule has 24 heavy (non-hydrogen) atoms. The fourth-order valence-corrected chi connectivity index (χ4v) is 4.18. The number of carbonyl (C=O) groups excluding carboxylic acids is 1. The summed E-state index contributed by atoms with van der Waals surface area (Å²) >= 11 is 0. The van der Waals surface area contributed by atoms with Gasteiger partial charge in [0.25, 0.3) is 15.9 Å². The van der Waals surface area contributed by atoms with E-state index in [0.29, 0.717) is 17.1 Å². The highest BCUT2D eigenvalue weighted by molar-refractivity contribution is 7.92. The van der Waals surface area contributed by atoms with Crippen LogP contribution in [0, 0.1) is 0 Å². The Balaban J connectivity index is 1.62. The third kappa shape index (κ3) is 2.71. The number of carbonyl (C=O) groups is 1. The molecule has 2 aromatic carbocycles. The van der Waals surface area contributed by atoms with Crippen LogP contribution in [0.15, 0.2) is 41.3 Å². The number of hydrogen-bond donors (Lipinski definition) is 2. The van der Waals surface area contributed by atoms with Crippen LogP contribution in [0.3, 0.4) is 0 Å². The van der Waals surface area contributed by atoms with Crippen LogP contribution in [0.5, 0.6) is 5.75 Å². The van der Waals surface area contributed by atoms with Gasteiger partial charge in [-0.2, -0.15) is 0 Å². The van der Waals surface area contributed by atoms with Crippen LogP contribution >= 0.6 is 0 Å². The summed E-state index contributed by atoms with van der Waals surface area (Å²) in [7, 11) is -3.68. The summed E-state index contributed by atoms with van der Waals surface area (Å²) in [5, 5.41) is 2.66. The monoisotopic (exact) mass is 344 g/mol. The molecule has 0 unspecified atom stereocenters. The van der Waals surface area contributed by atoms with Gasteiger partial charge < -0.3 is 10.1 Å². The first-order valence-electron chi connectivity index (χ1n) is 7.73. The lowest BCUT2D eigenvalue weighted by Gasteiger charge is -2.19. The van der Waals surface area contributed by atoms with Crippen molar-refractivity contribution in [1.82, 2.24) is 0 Å². The molecular formula is C17H16N2O4S. The molecule has 1 aliphatic heterocycles. The van der Waals surface area contributed by atoms with Crippen LogP contribution in [0.25, 0.3) is 0 Å². The molecule has 0 atom stereocenters. The first-order valence-corrected chi connectivity index (χ1v) is 9.21. The van der Waals surface area contributed by atoms with E-state index in [1.807, 2.05) is 6.07 Å². The predicted molar refractivity (Wildman–Crippen MR) is 89.8 cm³/mol. The van der Waals surface area contributed by atoms with Gasteiger partial charge in [0.15, 0.2) is 6.61 Å². The normalized spacial score (nSPS) is 15.9. The number of anilines is 2. The van der Waals surface area contributed by atoms with Gasteiger partial charge in [0, 0.05) is 0 Å². The van der Waals surface area contributed by atoms with E-state index in [0.717, 1.165) is 24.8 Å². The number of amides is 1. The van der Waals surface area contributed by atoms with E-state index in [9.17, 15) is 13.2 Å². The maximum absolute atomic E-state index is 12.6.